The first-order valence-corrected chi connectivity index (χ1v) is 4.91. The van der Waals surface area contributed by atoms with Gasteiger partial charge in [-0.05, 0) is 36.4 Å². The number of pyridine rings is 1. The quantitative estimate of drug-likeness (QED) is 0.718. The second-order valence-corrected chi connectivity index (χ2v) is 3.37. The van der Waals surface area contributed by atoms with Crippen LogP contribution in [0.4, 0.5) is 0 Å². The Morgan fingerprint density at radius 3 is 2.79 bits per heavy atom. The van der Waals surface area contributed by atoms with E-state index in [-0.39, 0.29) is 0 Å². The van der Waals surface area contributed by atoms with Gasteiger partial charge in [-0.3, -0.25) is 4.98 Å². The van der Waals surface area contributed by atoms with E-state index in [0.29, 0.717) is 0 Å². The predicted molar refractivity (Wildman–Crippen MR) is 57.8 cm³/mol. The number of aromatic nitrogens is 1. The number of hydrogen-bond acceptors (Lipinski definition) is 2. The molecule has 2 heterocycles. The van der Waals surface area contributed by atoms with Crippen molar-refractivity contribution in [1.82, 2.24) is 9.88 Å². The van der Waals surface area contributed by atoms with Crippen molar-refractivity contribution in [3.63, 3.8) is 0 Å². The van der Waals surface area contributed by atoms with Crippen LogP contribution in [0.25, 0.3) is 0 Å². The average molecular weight is 186 g/mol. The summed E-state index contributed by atoms with van der Waals surface area (Å²) in [7, 11) is 0. The third kappa shape index (κ3) is 2.46. The SMILES string of the molecule is C1=CCN(CCc2ccncc2)C=C1. The van der Waals surface area contributed by atoms with Gasteiger partial charge in [-0.2, -0.15) is 0 Å². The number of allylic oxidation sites excluding steroid dienone is 2. The largest absolute Gasteiger partial charge is 0.373 e. The van der Waals surface area contributed by atoms with Crippen molar-refractivity contribution in [2.24, 2.45) is 0 Å². The minimum absolute atomic E-state index is 1.03. The summed E-state index contributed by atoms with van der Waals surface area (Å²) in [5, 5.41) is 0. The summed E-state index contributed by atoms with van der Waals surface area (Å²) in [6, 6.07) is 4.15. The second kappa shape index (κ2) is 4.61. The van der Waals surface area contributed by atoms with Gasteiger partial charge >= 0.3 is 0 Å². The van der Waals surface area contributed by atoms with Crippen LogP contribution in [0.3, 0.4) is 0 Å². The number of hydrogen-bond donors (Lipinski definition) is 0. The molecule has 0 amide bonds. The molecule has 0 atom stereocenters. The zero-order valence-corrected chi connectivity index (χ0v) is 8.13. The molecule has 2 heteroatoms. The molecular weight excluding hydrogens is 172 g/mol. The lowest BCUT2D eigenvalue weighted by atomic mass is 10.2. The normalized spacial score (nSPS) is 14.7. The molecule has 0 radical (unpaired) electrons. The molecule has 0 aromatic carbocycles. The van der Waals surface area contributed by atoms with Crippen LogP contribution < -0.4 is 0 Å². The molecule has 1 aliphatic rings. The van der Waals surface area contributed by atoms with E-state index in [1.807, 2.05) is 12.4 Å². The number of nitrogens with zero attached hydrogens (tertiary/aromatic N) is 2. The van der Waals surface area contributed by atoms with Crippen LogP contribution in [0.15, 0.2) is 49.0 Å². The smallest absolute Gasteiger partial charge is 0.0357 e. The summed E-state index contributed by atoms with van der Waals surface area (Å²) in [6.07, 6.45) is 13.3. The standard InChI is InChI=1S/C12H14N2/c1-2-9-14(10-3-1)11-6-12-4-7-13-8-5-12/h1-5,7-9H,6,10-11H2. The fraction of sp³-hybridized carbons (Fsp3) is 0.250. The van der Waals surface area contributed by atoms with E-state index in [1.165, 1.54) is 5.56 Å². The molecule has 0 fully saturated rings. The molecule has 0 N–H and O–H groups in total. The first-order valence-electron chi connectivity index (χ1n) is 4.91. The average Bonchev–Trinajstić information content (AvgIpc) is 2.29. The molecule has 0 saturated heterocycles. The summed E-state index contributed by atoms with van der Waals surface area (Å²) in [4.78, 5) is 6.31. The molecule has 0 spiro atoms. The Hall–Kier alpha value is -1.57. The van der Waals surface area contributed by atoms with E-state index in [0.717, 1.165) is 19.5 Å². The van der Waals surface area contributed by atoms with Crippen LogP contribution >= 0.6 is 0 Å². The first kappa shape index (κ1) is 9.00. The molecule has 0 saturated carbocycles. The van der Waals surface area contributed by atoms with Crippen LogP contribution in [-0.4, -0.2) is 23.0 Å². The molecule has 14 heavy (non-hydrogen) atoms. The summed E-state index contributed by atoms with van der Waals surface area (Å²) >= 11 is 0. The molecule has 2 rings (SSSR count). The van der Waals surface area contributed by atoms with Crippen molar-refractivity contribution in [1.29, 1.82) is 0 Å². The Morgan fingerprint density at radius 1 is 1.21 bits per heavy atom. The van der Waals surface area contributed by atoms with E-state index in [9.17, 15) is 0 Å². The van der Waals surface area contributed by atoms with Crippen LogP contribution in [0, 0.1) is 0 Å². The van der Waals surface area contributed by atoms with Crippen molar-refractivity contribution in [2.75, 3.05) is 13.1 Å². The predicted octanol–water partition coefficient (Wildman–Crippen LogP) is 2.01. The summed E-state index contributed by atoms with van der Waals surface area (Å²) in [5.41, 5.74) is 1.35. The van der Waals surface area contributed by atoms with Crippen LogP contribution in [-0.2, 0) is 6.42 Å². The van der Waals surface area contributed by atoms with Gasteiger partial charge in [0.05, 0.1) is 0 Å². The highest BCUT2D eigenvalue weighted by Gasteiger charge is 1.99. The fourth-order valence-electron chi connectivity index (χ4n) is 1.50. The lowest BCUT2D eigenvalue weighted by Crippen LogP contribution is -2.21. The second-order valence-electron chi connectivity index (χ2n) is 3.37. The van der Waals surface area contributed by atoms with E-state index in [4.69, 9.17) is 0 Å². The van der Waals surface area contributed by atoms with Crippen molar-refractivity contribution in [2.45, 2.75) is 6.42 Å². The van der Waals surface area contributed by atoms with Crippen molar-refractivity contribution < 1.29 is 0 Å². The summed E-state index contributed by atoms with van der Waals surface area (Å²) in [6.45, 7) is 2.10. The van der Waals surface area contributed by atoms with Crippen LogP contribution in [0.5, 0.6) is 0 Å². The summed E-state index contributed by atoms with van der Waals surface area (Å²) < 4.78 is 0. The Labute approximate surface area is 84.6 Å². The third-order valence-corrected chi connectivity index (χ3v) is 2.32. The van der Waals surface area contributed by atoms with Crippen molar-refractivity contribution >= 4 is 0 Å². The zero-order valence-electron chi connectivity index (χ0n) is 8.13. The van der Waals surface area contributed by atoms with E-state index >= 15 is 0 Å². The molecular formula is C12H14N2. The van der Waals surface area contributed by atoms with Gasteiger partial charge in [0.2, 0.25) is 0 Å². The lowest BCUT2D eigenvalue weighted by molar-refractivity contribution is 0.416. The highest BCUT2D eigenvalue weighted by atomic mass is 15.1. The van der Waals surface area contributed by atoms with Crippen molar-refractivity contribution in [3.05, 3.63) is 54.5 Å². The maximum Gasteiger partial charge on any atom is 0.0357 e. The van der Waals surface area contributed by atoms with Gasteiger partial charge in [0.25, 0.3) is 0 Å². The van der Waals surface area contributed by atoms with Crippen LogP contribution in [0.2, 0.25) is 0 Å². The molecule has 72 valence electrons. The van der Waals surface area contributed by atoms with Gasteiger partial charge in [-0.25, -0.2) is 0 Å². The van der Waals surface area contributed by atoms with E-state index < -0.39 is 0 Å². The highest BCUT2D eigenvalue weighted by Crippen LogP contribution is 2.03. The molecule has 2 nitrogen and oxygen atoms in total. The van der Waals surface area contributed by atoms with Gasteiger partial charge in [0.1, 0.15) is 0 Å². The topological polar surface area (TPSA) is 16.1 Å². The van der Waals surface area contributed by atoms with E-state index in [1.54, 1.807) is 0 Å². The molecule has 0 bridgehead atoms. The molecule has 1 aromatic rings. The number of rotatable bonds is 3. The minimum Gasteiger partial charge on any atom is -0.373 e. The van der Waals surface area contributed by atoms with Gasteiger partial charge in [0, 0.05) is 25.5 Å². The highest BCUT2D eigenvalue weighted by molar-refractivity contribution is 5.12. The van der Waals surface area contributed by atoms with Gasteiger partial charge in [0.15, 0.2) is 0 Å². The van der Waals surface area contributed by atoms with Gasteiger partial charge < -0.3 is 4.90 Å². The fourth-order valence-corrected chi connectivity index (χ4v) is 1.50. The first-order chi connectivity index (χ1) is 6.95. The van der Waals surface area contributed by atoms with Gasteiger partial charge in [-0.1, -0.05) is 12.2 Å². The Kier molecular flexibility index (Phi) is 2.96. The molecule has 0 unspecified atom stereocenters. The minimum atomic E-state index is 1.03. The molecule has 1 aliphatic heterocycles. The van der Waals surface area contributed by atoms with Crippen LogP contribution in [0.1, 0.15) is 5.56 Å². The Balaban J connectivity index is 1.83. The maximum absolute atomic E-state index is 4.00. The monoisotopic (exact) mass is 186 g/mol. The maximum atomic E-state index is 4.00. The summed E-state index contributed by atoms with van der Waals surface area (Å²) in [5.74, 6) is 0. The van der Waals surface area contributed by atoms with Gasteiger partial charge in [-0.15, -0.1) is 0 Å². The molecule has 1 aromatic heterocycles. The van der Waals surface area contributed by atoms with E-state index in [2.05, 4.69) is 46.4 Å². The molecule has 0 aliphatic carbocycles. The zero-order chi connectivity index (χ0) is 9.64. The lowest BCUT2D eigenvalue weighted by Gasteiger charge is -2.20. The Morgan fingerprint density at radius 2 is 2.07 bits per heavy atom. The Bertz CT molecular complexity index is 327. The third-order valence-electron chi connectivity index (χ3n) is 2.32. The van der Waals surface area contributed by atoms with Crippen molar-refractivity contribution in [3.8, 4) is 0 Å².